The molecule has 1 unspecified atom stereocenters. The number of benzene rings is 1. The number of rotatable bonds is 3. The zero-order valence-corrected chi connectivity index (χ0v) is 9.45. The van der Waals surface area contributed by atoms with Crippen LogP contribution in [0.15, 0.2) is 41.0 Å². The summed E-state index contributed by atoms with van der Waals surface area (Å²) in [6.07, 6.45) is 3.65. The minimum atomic E-state index is -0.143. The molecule has 1 heterocycles. The van der Waals surface area contributed by atoms with Crippen molar-refractivity contribution in [3.63, 3.8) is 0 Å². The molecule has 0 spiro atoms. The van der Waals surface area contributed by atoms with Crippen LogP contribution in [0.5, 0.6) is 0 Å². The van der Waals surface area contributed by atoms with Crippen molar-refractivity contribution < 1.29 is 8.81 Å². The van der Waals surface area contributed by atoms with Crippen LogP contribution in [0, 0.1) is 5.82 Å². The average Bonchev–Trinajstić information content (AvgIpc) is 2.94. The molecule has 1 atom stereocenters. The molecule has 2 nitrogen and oxygen atoms in total. The Labute approximate surface area is 99.5 Å². The Morgan fingerprint density at radius 3 is 3.12 bits per heavy atom. The van der Waals surface area contributed by atoms with E-state index in [1.165, 1.54) is 11.6 Å². The molecule has 1 aliphatic carbocycles. The van der Waals surface area contributed by atoms with Gasteiger partial charge in [0.15, 0.2) is 0 Å². The second kappa shape index (κ2) is 4.34. The highest BCUT2D eigenvalue weighted by molar-refractivity contribution is 5.34. The van der Waals surface area contributed by atoms with Gasteiger partial charge in [0.2, 0.25) is 0 Å². The smallest absolute Gasteiger partial charge is 0.123 e. The van der Waals surface area contributed by atoms with Gasteiger partial charge in [-0.25, -0.2) is 4.39 Å². The van der Waals surface area contributed by atoms with E-state index in [2.05, 4.69) is 5.32 Å². The maximum atomic E-state index is 13.1. The monoisotopic (exact) mass is 231 g/mol. The lowest BCUT2D eigenvalue weighted by atomic mass is 10.1. The molecule has 17 heavy (non-hydrogen) atoms. The fraction of sp³-hybridized carbons (Fsp3) is 0.286. The molecule has 0 radical (unpaired) electrons. The van der Waals surface area contributed by atoms with Gasteiger partial charge in [0, 0.05) is 6.04 Å². The van der Waals surface area contributed by atoms with E-state index in [0.717, 1.165) is 24.2 Å². The summed E-state index contributed by atoms with van der Waals surface area (Å²) in [5, 5.41) is 3.44. The first-order valence-corrected chi connectivity index (χ1v) is 5.87. The molecular weight excluding hydrogens is 217 g/mol. The van der Waals surface area contributed by atoms with Gasteiger partial charge in [-0.05, 0) is 48.2 Å². The standard InChI is InChI=1S/C14H14FNO/c15-11-4-5-13-10(8-11)3-6-14(13)16-9-12-2-1-7-17-12/h1-2,4-5,7-8,14,16H,3,6,9H2. The number of nitrogens with one attached hydrogen (secondary N) is 1. The van der Waals surface area contributed by atoms with Gasteiger partial charge >= 0.3 is 0 Å². The molecule has 3 rings (SSSR count). The summed E-state index contributed by atoms with van der Waals surface area (Å²) in [7, 11) is 0. The Morgan fingerprint density at radius 1 is 1.35 bits per heavy atom. The number of fused-ring (bicyclic) bond motifs is 1. The van der Waals surface area contributed by atoms with Gasteiger partial charge in [-0.1, -0.05) is 6.07 Å². The molecule has 0 saturated heterocycles. The molecule has 1 aromatic carbocycles. The topological polar surface area (TPSA) is 25.2 Å². The third-order valence-electron chi connectivity index (χ3n) is 3.29. The summed E-state index contributed by atoms with van der Waals surface area (Å²) in [5.41, 5.74) is 2.35. The number of hydrogen-bond donors (Lipinski definition) is 1. The Kier molecular flexibility index (Phi) is 2.69. The molecule has 0 aliphatic heterocycles. The zero-order valence-electron chi connectivity index (χ0n) is 9.45. The summed E-state index contributed by atoms with van der Waals surface area (Å²) < 4.78 is 18.3. The maximum absolute atomic E-state index is 13.1. The van der Waals surface area contributed by atoms with Crippen LogP contribution in [0.4, 0.5) is 4.39 Å². The van der Waals surface area contributed by atoms with E-state index < -0.39 is 0 Å². The minimum Gasteiger partial charge on any atom is -0.468 e. The van der Waals surface area contributed by atoms with Gasteiger partial charge < -0.3 is 9.73 Å². The van der Waals surface area contributed by atoms with Crippen LogP contribution in [-0.4, -0.2) is 0 Å². The van der Waals surface area contributed by atoms with E-state index in [-0.39, 0.29) is 5.82 Å². The zero-order chi connectivity index (χ0) is 11.7. The summed E-state index contributed by atoms with van der Waals surface area (Å²) >= 11 is 0. The lowest BCUT2D eigenvalue weighted by Crippen LogP contribution is -2.18. The van der Waals surface area contributed by atoms with Crippen molar-refractivity contribution >= 4 is 0 Å². The molecule has 1 aliphatic rings. The fourth-order valence-corrected chi connectivity index (χ4v) is 2.44. The summed E-state index contributed by atoms with van der Waals surface area (Å²) in [4.78, 5) is 0. The van der Waals surface area contributed by atoms with Crippen molar-refractivity contribution in [1.29, 1.82) is 0 Å². The molecular formula is C14H14FNO. The molecule has 3 heteroatoms. The number of aryl methyl sites for hydroxylation is 1. The Balaban J connectivity index is 1.71. The first-order chi connectivity index (χ1) is 8.33. The lowest BCUT2D eigenvalue weighted by Gasteiger charge is -2.12. The van der Waals surface area contributed by atoms with E-state index in [0.29, 0.717) is 12.6 Å². The summed E-state index contributed by atoms with van der Waals surface area (Å²) in [6, 6.07) is 9.21. The third kappa shape index (κ3) is 2.11. The van der Waals surface area contributed by atoms with Crippen LogP contribution < -0.4 is 5.32 Å². The Hall–Kier alpha value is -1.61. The van der Waals surface area contributed by atoms with Gasteiger partial charge in [0.25, 0.3) is 0 Å². The Morgan fingerprint density at radius 2 is 2.29 bits per heavy atom. The molecule has 2 aromatic rings. The predicted molar refractivity (Wildman–Crippen MR) is 63.0 cm³/mol. The van der Waals surface area contributed by atoms with E-state index in [4.69, 9.17) is 4.42 Å². The van der Waals surface area contributed by atoms with Crippen molar-refractivity contribution in [3.05, 3.63) is 59.3 Å². The molecule has 0 fully saturated rings. The molecule has 88 valence electrons. The van der Waals surface area contributed by atoms with Crippen LogP contribution in [0.2, 0.25) is 0 Å². The molecule has 0 saturated carbocycles. The van der Waals surface area contributed by atoms with E-state index >= 15 is 0 Å². The largest absolute Gasteiger partial charge is 0.468 e. The lowest BCUT2D eigenvalue weighted by molar-refractivity contribution is 0.448. The van der Waals surface area contributed by atoms with Gasteiger partial charge in [-0.2, -0.15) is 0 Å². The molecule has 1 N–H and O–H groups in total. The quantitative estimate of drug-likeness (QED) is 0.877. The summed E-state index contributed by atoms with van der Waals surface area (Å²) in [5.74, 6) is 0.788. The maximum Gasteiger partial charge on any atom is 0.123 e. The van der Waals surface area contributed by atoms with Crippen LogP contribution >= 0.6 is 0 Å². The van der Waals surface area contributed by atoms with E-state index in [9.17, 15) is 4.39 Å². The normalized spacial score (nSPS) is 18.3. The van der Waals surface area contributed by atoms with E-state index in [1.807, 2.05) is 18.2 Å². The highest BCUT2D eigenvalue weighted by Gasteiger charge is 2.22. The van der Waals surface area contributed by atoms with Gasteiger partial charge in [0.1, 0.15) is 11.6 Å². The molecule has 1 aromatic heterocycles. The van der Waals surface area contributed by atoms with Crippen LogP contribution in [0.3, 0.4) is 0 Å². The SMILES string of the molecule is Fc1ccc2c(c1)CCC2NCc1ccco1. The van der Waals surface area contributed by atoms with Crippen molar-refractivity contribution in [2.24, 2.45) is 0 Å². The van der Waals surface area contributed by atoms with Gasteiger partial charge in [0.05, 0.1) is 12.8 Å². The minimum absolute atomic E-state index is 0.143. The number of furan rings is 1. The van der Waals surface area contributed by atoms with Gasteiger partial charge in [-0.15, -0.1) is 0 Å². The fourth-order valence-electron chi connectivity index (χ4n) is 2.44. The Bertz CT molecular complexity index is 507. The van der Waals surface area contributed by atoms with E-state index in [1.54, 1.807) is 12.3 Å². The van der Waals surface area contributed by atoms with Crippen LogP contribution in [-0.2, 0) is 13.0 Å². The average molecular weight is 231 g/mol. The number of halogens is 1. The van der Waals surface area contributed by atoms with Crippen molar-refractivity contribution in [2.45, 2.75) is 25.4 Å². The summed E-state index contributed by atoms with van der Waals surface area (Å²) in [6.45, 7) is 0.717. The number of hydrogen-bond acceptors (Lipinski definition) is 2. The van der Waals surface area contributed by atoms with Crippen molar-refractivity contribution in [1.82, 2.24) is 5.32 Å². The molecule has 0 amide bonds. The van der Waals surface area contributed by atoms with Crippen LogP contribution in [0.25, 0.3) is 0 Å². The van der Waals surface area contributed by atoms with Gasteiger partial charge in [-0.3, -0.25) is 0 Å². The molecule has 0 bridgehead atoms. The second-order valence-corrected chi connectivity index (χ2v) is 4.39. The first kappa shape index (κ1) is 10.5. The highest BCUT2D eigenvalue weighted by Crippen LogP contribution is 2.31. The predicted octanol–water partition coefficient (Wildman–Crippen LogP) is 3.20. The second-order valence-electron chi connectivity index (χ2n) is 4.39. The van der Waals surface area contributed by atoms with Crippen LogP contribution in [0.1, 0.15) is 29.3 Å². The first-order valence-electron chi connectivity index (χ1n) is 5.87. The third-order valence-corrected chi connectivity index (χ3v) is 3.29. The highest BCUT2D eigenvalue weighted by atomic mass is 19.1. The van der Waals surface area contributed by atoms with Crippen molar-refractivity contribution in [2.75, 3.05) is 0 Å². The van der Waals surface area contributed by atoms with Crippen molar-refractivity contribution in [3.8, 4) is 0 Å².